The van der Waals surface area contributed by atoms with Crippen molar-refractivity contribution < 1.29 is 14.6 Å². The third-order valence-electron chi connectivity index (χ3n) is 3.21. The zero-order valence-electron chi connectivity index (χ0n) is 13.2. The quantitative estimate of drug-likeness (QED) is 0.724. The Kier molecular flexibility index (Phi) is 7.19. The Morgan fingerprint density at radius 3 is 2.67 bits per heavy atom. The number of hydrogen-bond acceptors (Lipinski definition) is 3. The van der Waals surface area contributed by atoms with Crippen molar-refractivity contribution in [3.05, 3.63) is 29.8 Å². The van der Waals surface area contributed by atoms with E-state index in [9.17, 15) is 9.90 Å². The first-order chi connectivity index (χ1) is 9.92. The van der Waals surface area contributed by atoms with Gasteiger partial charge in [-0.2, -0.15) is 0 Å². The highest BCUT2D eigenvalue weighted by Gasteiger charge is 2.10. The molecule has 0 aromatic heterocycles. The van der Waals surface area contributed by atoms with Crippen LogP contribution in [0.25, 0.3) is 0 Å². The number of aliphatic hydroxyl groups is 1. The zero-order chi connectivity index (χ0) is 15.8. The highest BCUT2D eigenvalue weighted by atomic mass is 16.5. The molecule has 0 fully saturated rings. The van der Waals surface area contributed by atoms with Gasteiger partial charge in [0, 0.05) is 19.3 Å². The van der Waals surface area contributed by atoms with Crippen molar-refractivity contribution >= 4 is 11.7 Å². The Morgan fingerprint density at radius 1 is 1.33 bits per heavy atom. The molecule has 0 radical (unpaired) electrons. The number of rotatable bonds is 7. The second-order valence-electron chi connectivity index (χ2n) is 5.62. The highest BCUT2D eigenvalue weighted by molar-refractivity contribution is 5.89. The largest absolute Gasteiger partial charge is 0.391 e. The van der Waals surface area contributed by atoms with Gasteiger partial charge in [-0.25, -0.2) is 4.79 Å². The van der Waals surface area contributed by atoms with Crippen LogP contribution in [0, 0.1) is 5.92 Å². The number of carbonyl (C=O) groups excluding carboxylic acids is 1. The van der Waals surface area contributed by atoms with Crippen LogP contribution in [-0.2, 0) is 4.74 Å². The number of hydrogen-bond donors (Lipinski definition) is 3. The summed E-state index contributed by atoms with van der Waals surface area (Å²) in [7, 11) is 1.65. The zero-order valence-corrected chi connectivity index (χ0v) is 13.2. The fourth-order valence-corrected chi connectivity index (χ4v) is 2.02. The number of benzene rings is 1. The van der Waals surface area contributed by atoms with E-state index in [1.807, 2.05) is 45.0 Å². The number of carbonyl (C=O) groups is 1. The molecule has 3 N–H and O–H groups in total. The summed E-state index contributed by atoms with van der Waals surface area (Å²) in [4.78, 5) is 11.8. The van der Waals surface area contributed by atoms with Gasteiger partial charge in [-0.15, -0.1) is 0 Å². The molecule has 21 heavy (non-hydrogen) atoms. The Labute approximate surface area is 126 Å². The lowest BCUT2D eigenvalue weighted by Gasteiger charge is -2.15. The summed E-state index contributed by atoms with van der Waals surface area (Å²) in [6, 6.07) is 7.19. The lowest BCUT2D eigenvalue weighted by Crippen LogP contribution is -2.35. The van der Waals surface area contributed by atoms with Crippen LogP contribution < -0.4 is 10.6 Å². The fourth-order valence-electron chi connectivity index (χ4n) is 2.02. The molecule has 5 heteroatoms. The number of methoxy groups -OCH3 is 1. The van der Waals surface area contributed by atoms with Gasteiger partial charge in [-0.1, -0.05) is 26.0 Å². The molecule has 1 rings (SSSR count). The highest BCUT2D eigenvalue weighted by Crippen LogP contribution is 2.19. The summed E-state index contributed by atoms with van der Waals surface area (Å²) in [5.41, 5.74) is 1.70. The van der Waals surface area contributed by atoms with Gasteiger partial charge in [-0.3, -0.25) is 0 Å². The van der Waals surface area contributed by atoms with Crippen LogP contribution in [0.4, 0.5) is 10.5 Å². The minimum atomic E-state index is -0.518. The summed E-state index contributed by atoms with van der Waals surface area (Å²) in [6.45, 7) is 6.26. The maximum atomic E-state index is 11.8. The van der Waals surface area contributed by atoms with E-state index in [1.165, 1.54) is 0 Å². The summed E-state index contributed by atoms with van der Waals surface area (Å²) in [5, 5.41) is 15.1. The van der Waals surface area contributed by atoms with E-state index in [0.29, 0.717) is 18.0 Å². The first-order valence-electron chi connectivity index (χ1n) is 7.28. The molecule has 2 atom stereocenters. The van der Waals surface area contributed by atoms with Crippen molar-refractivity contribution in [3.8, 4) is 0 Å². The number of urea groups is 1. The van der Waals surface area contributed by atoms with E-state index in [-0.39, 0.29) is 18.7 Å². The predicted octanol–water partition coefficient (Wildman–Crippen LogP) is 2.92. The Balaban J connectivity index is 2.48. The summed E-state index contributed by atoms with van der Waals surface area (Å²) >= 11 is 0. The molecule has 0 aliphatic carbocycles. The third-order valence-corrected chi connectivity index (χ3v) is 3.21. The average Bonchev–Trinajstić information content (AvgIpc) is 2.44. The lowest BCUT2D eigenvalue weighted by molar-refractivity contribution is 0.119. The van der Waals surface area contributed by atoms with Crippen molar-refractivity contribution in [1.29, 1.82) is 0 Å². The normalized spacial score (nSPS) is 13.8. The third kappa shape index (κ3) is 6.60. The Morgan fingerprint density at radius 2 is 2.05 bits per heavy atom. The summed E-state index contributed by atoms with van der Waals surface area (Å²) < 4.78 is 5.25. The second-order valence-corrected chi connectivity index (χ2v) is 5.62. The standard InChI is InChI=1S/C16H26N2O3/c1-11(2)8-15(19)10-17-16(20)18-14-7-5-6-13(9-14)12(3)21-4/h5-7,9,11-12,15,19H,8,10H2,1-4H3,(H2,17,18,20). The number of aliphatic hydroxyl groups excluding tert-OH is 1. The van der Waals surface area contributed by atoms with Gasteiger partial charge in [0.1, 0.15) is 0 Å². The molecule has 0 saturated carbocycles. The van der Waals surface area contributed by atoms with Crippen molar-refractivity contribution in [2.45, 2.75) is 39.4 Å². The van der Waals surface area contributed by atoms with E-state index in [4.69, 9.17) is 4.74 Å². The molecule has 0 aliphatic heterocycles. The van der Waals surface area contributed by atoms with Crippen molar-refractivity contribution in [3.63, 3.8) is 0 Å². The molecule has 118 valence electrons. The van der Waals surface area contributed by atoms with Gasteiger partial charge in [0.2, 0.25) is 0 Å². The van der Waals surface area contributed by atoms with Gasteiger partial charge in [0.25, 0.3) is 0 Å². The van der Waals surface area contributed by atoms with Gasteiger partial charge in [-0.05, 0) is 37.0 Å². The molecule has 0 bridgehead atoms. The van der Waals surface area contributed by atoms with Crippen LogP contribution in [-0.4, -0.2) is 30.9 Å². The number of anilines is 1. The number of amides is 2. The van der Waals surface area contributed by atoms with Crippen LogP contribution in [0.2, 0.25) is 0 Å². The minimum absolute atomic E-state index is 0.0253. The molecular formula is C16H26N2O3. The fraction of sp³-hybridized carbons (Fsp3) is 0.562. The van der Waals surface area contributed by atoms with Crippen LogP contribution in [0.5, 0.6) is 0 Å². The van der Waals surface area contributed by atoms with Crippen molar-refractivity contribution in [2.24, 2.45) is 5.92 Å². The van der Waals surface area contributed by atoms with Gasteiger partial charge in [0.15, 0.2) is 0 Å². The SMILES string of the molecule is COC(C)c1cccc(NC(=O)NCC(O)CC(C)C)c1. The molecule has 5 nitrogen and oxygen atoms in total. The Hall–Kier alpha value is -1.59. The van der Waals surface area contributed by atoms with E-state index >= 15 is 0 Å². The van der Waals surface area contributed by atoms with Crippen LogP contribution in [0.3, 0.4) is 0 Å². The molecule has 2 amide bonds. The predicted molar refractivity (Wildman–Crippen MR) is 84.3 cm³/mol. The van der Waals surface area contributed by atoms with E-state index in [1.54, 1.807) is 7.11 Å². The van der Waals surface area contributed by atoms with Gasteiger partial charge >= 0.3 is 6.03 Å². The molecule has 1 aromatic carbocycles. The smallest absolute Gasteiger partial charge is 0.319 e. The van der Waals surface area contributed by atoms with E-state index in [2.05, 4.69) is 10.6 Å². The first kappa shape index (κ1) is 17.5. The molecule has 0 heterocycles. The molecule has 0 saturated heterocycles. The molecule has 0 spiro atoms. The summed E-state index contributed by atoms with van der Waals surface area (Å²) in [5.74, 6) is 0.400. The average molecular weight is 294 g/mol. The van der Waals surface area contributed by atoms with Crippen molar-refractivity contribution in [2.75, 3.05) is 19.0 Å². The molecule has 1 aromatic rings. The molecular weight excluding hydrogens is 268 g/mol. The van der Waals surface area contributed by atoms with E-state index < -0.39 is 6.10 Å². The number of nitrogens with one attached hydrogen (secondary N) is 2. The lowest BCUT2D eigenvalue weighted by atomic mass is 10.1. The van der Waals surface area contributed by atoms with E-state index in [0.717, 1.165) is 5.56 Å². The molecule has 0 aliphatic rings. The maximum absolute atomic E-state index is 11.8. The maximum Gasteiger partial charge on any atom is 0.319 e. The number of ether oxygens (including phenoxy) is 1. The van der Waals surface area contributed by atoms with Crippen molar-refractivity contribution in [1.82, 2.24) is 5.32 Å². The second kappa shape index (κ2) is 8.64. The molecule has 2 unspecified atom stereocenters. The van der Waals surface area contributed by atoms with Crippen LogP contribution in [0.15, 0.2) is 24.3 Å². The van der Waals surface area contributed by atoms with Gasteiger partial charge < -0.3 is 20.5 Å². The Bertz CT molecular complexity index is 449. The van der Waals surface area contributed by atoms with Crippen LogP contribution >= 0.6 is 0 Å². The van der Waals surface area contributed by atoms with Crippen LogP contribution in [0.1, 0.15) is 38.9 Å². The topological polar surface area (TPSA) is 70.6 Å². The monoisotopic (exact) mass is 294 g/mol. The van der Waals surface area contributed by atoms with Gasteiger partial charge in [0.05, 0.1) is 12.2 Å². The summed E-state index contributed by atoms with van der Waals surface area (Å²) in [6.07, 6.45) is 0.125. The first-order valence-corrected chi connectivity index (χ1v) is 7.28. The minimum Gasteiger partial charge on any atom is -0.391 e.